The number of fused-ring (bicyclic) bond motifs is 2. The number of aliphatic hydroxyl groups excluding tert-OH is 7. The monoisotopic (exact) mass is 1050 g/mol. The summed E-state index contributed by atoms with van der Waals surface area (Å²) < 4.78 is 0. The van der Waals surface area contributed by atoms with E-state index in [-0.39, 0.29) is 44.5 Å². The maximum Gasteiger partial charge on any atom is 0.248 e. The second-order valence-electron chi connectivity index (χ2n) is 20.7. The van der Waals surface area contributed by atoms with Crippen molar-refractivity contribution in [3.8, 4) is 5.75 Å². The van der Waals surface area contributed by atoms with Gasteiger partial charge in [-0.2, -0.15) is 0 Å². The normalized spacial score (nSPS) is 28.9. The molecule has 3 aliphatic rings. The summed E-state index contributed by atoms with van der Waals surface area (Å²) in [6, 6.07) is -5.25. The van der Waals surface area contributed by atoms with Crippen molar-refractivity contribution in [1.29, 1.82) is 0 Å². The van der Waals surface area contributed by atoms with Gasteiger partial charge in [0, 0.05) is 38.8 Å². The van der Waals surface area contributed by atoms with E-state index < -0.39 is 140 Å². The van der Waals surface area contributed by atoms with Crippen molar-refractivity contribution in [1.82, 2.24) is 41.7 Å². The van der Waals surface area contributed by atoms with Crippen LogP contribution in [0.25, 0.3) is 0 Å². The third-order valence-corrected chi connectivity index (χ3v) is 14.4. The van der Waals surface area contributed by atoms with E-state index in [1.54, 1.807) is 7.05 Å². The van der Waals surface area contributed by atoms with Gasteiger partial charge in [0.15, 0.2) is 6.23 Å². The quantitative estimate of drug-likeness (QED) is 0.0587. The maximum absolute atomic E-state index is 14.5. The van der Waals surface area contributed by atoms with Crippen LogP contribution in [0.4, 0.5) is 0 Å². The van der Waals surface area contributed by atoms with Crippen molar-refractivity contribution in [3.05, 3.63) is 29.8 Å². The number of nitrogens with one attached hydrogen (secondary N) is 6. The lowest BCUT2D eigenvalue weighted by Crippen LogP contribution is -2.64. The molecule has 418 valence electrons. The predicted molar refractivity (Wildman–Crippen MR) is 269 cm³/mol. The van der Waals surface area contributed by atoms with Gasteiger partial charge in [0.25, 0.3) is 0 Å². The zero-order chi connectivity index (χ0) is 54.8. The van der Waals surface area contributed by atoms with Crippen molar-refractivity contribution in [2.75, 3.05) is 26.7 Å². The number of phenolic OH excluding ortho intramolecular Hbond substituents is 1. The number of carbonyl (C=O) groups is 7. The van der Waals surface area contributed by atoms with Gasteiger partial charge in [-0.1, -0.05) is 77.8 Å². The van der Waals surface area contributed by atoms with Crippen molar-refractivity contribution in [2.24, 2.45) is 11.8 Å². The molecule has 3 aliphatic heterocycles. The number of amides is 7. The minimum absolute atomic E-state index is 0.0393. The summed E-state index contributed by atoms with van der Waals surface area (Å²) in [6.07, 6.45) is -5.53. The highest BCUT2D eigenvalue weighted by atomic mass is 16.3. The second-order valence-corrected chi connectivity index (χ2v) is 20.7. The van der Waals surface area contributed by atoms with Gasteiger partial charge in [-0.05, 0) is 75.7 Å². The number of rotatable bonds is 21. The van der Waals surface area contributed by atoms with Crippen LogP contribution >= 0.6 is 0 Å². The van der Waals surface area contributed by atoms with Crippen LogP contribution in [0.1, 0.15) is 123 Å². The topological polar surface area (TPSA) is 360 Å². The van der Waals surface area contributed by atoms with Gasteiger partial charge in [-0.3, -0.25) is 33.6 Å². The Morgan fingerprint density at radius 2 is 1.32 bits per heavy atom. The highest BCUT2D eigenvalue weighted by Crippen LogP contribution is 2.25. The lowest BCUT2D eigenvalue weighted by atomic mass is 9.91. The number of unbranched alkanes of at least 4 members (excludes halogenated alkanes) is 5. The van der Waals surface area contributed by atoms with Gasteiger partial charge in [-0.25, -0.2) is 0 Å². The molecule has 0 aliphatic carbocycles. The molecule has 0 saturated carbocycles. The first-order chi connectivity index (χ1) is 35.1. The van der Waals surface area contributed by atoms with Crippen LogP contribution in [0.3, 0.4) is 0 Å². The first-order valence-electron chi connectivity index (χ1n) is 26.4. The molecule has 0 aromatic heterocycles. The minimum Gasteiger partial charge on any atom is -0.508 e. The molecular formula is C51H84N8O15. The molecule has 3 fully saturated rings. The lowest BCUT2D eigenvalue weighted by Gasteiger charge is -2.34. The number of hydrogen-bond acceptors (Lipinski definition) is 16. The Balaban J connectivity index is 1.67. The molecule has 0 radical (unpaired) electrons. The van der Waals surface area contributed by atoms with Crippen molar-refractivity contribution < 1.29 is 74.4 Å². The van der Waals surface area contributed by atoms with Crippen molar-refractivity contribution in [3.63, 3.8) is 0 Å². The SMILES string of the molecule is CCC(C)CC(C)CCCCCCCCC(=O)N[C@H]1C[C@@H](O)[C@@H](O)NC(=O)[C@@H]2[C@@H](O)CCN2C(=O)[C@H]([C@H](O)CCNC)NC(=O)[C@H]([C@H](O)Cc2ccc(O)cc2)NC(=O)[C@@H]2C[C@@H](O)CN2C(=O)[C@H]([C@@H](C)O)NC1=O. The number of phenols is 1. The summed E-state index contributed by atoms with van der Waals surface area (Å²) in [5.74, 6) is -6.17. The summed E-state index contributed by atoms with van der Waals surface area (Å²) in [5.41, 5.74) is 0.380. The fourth-order valence-electron chi connectivity index (χ4n) is 9.90. The average molecular weight is 1050 g/mol. The summed E-state index contributed by atoms with van der Waals surface area (Å²) >= 11 is 0. The number of benzene rings is 1. The molecule has 4 rings (SSSR count). The fourth-order valence-corrected chi connectivity index (χ4v) is 9.90. The molecule has 14 N–H and O–H groups in total. The van der Waals surface area contributed by atoms with E-state index in [4.69, 9.17) is 0 Å². The zero-order valence-corrected chi connectivity index (χ0v) is 43.5. The Bertz CT molecular complexity index is 2000. The van der Waals surface area contributed by atoms with E-state index in [2.05, 4.69) is 52.7 Å². The molecule has 1 aromatic carbocycles. The van der Waals surface area contributed by atoms with Gasteiger partial charge >= 0.3 is 0 Å². The van der Waals surface area contributed by atoms with E-state index in [9.17, 15) is 74.4 Å². The Morgan fingerprint density at radius 3 is 1.97 bits per heavy atom. The molecule has 74 heavy (non-hydrogen) atoms. The molecule has 0 bridgehead atoms. The largest absolute Gasteiger partial charge is 0.508 e. The Labute approximate surface area is 433 Å². The van der Waals surface area contributed by atoms with E-state index >= 15 is 0 Å². The van der Waals surface area contributed by atoms with Crippen LogP contribution in [0, 0.1) is 11.8 Å². The molecule has 2 unspecified atom stereocenters. The second kappa shape index (κ2) is 29.9. The fraction of sp³-hybridized carbons (Fsp3) is 0.745. The van der Waals surface area contributed by atoms with Crippen LogP contribution in [0.5, 0.6) is 5.75 Å². The maximum atomic E-state index is 14.5. The highest BCUT2D eigenvalue weighted by molar-refractivity contribution is 5.98. The number of aliphatic hydroxyl groups is 7. The number of carbonyl (C=O) groups excluding carboxylic acids is 7. The van der Waals surface area contributed by atoms with Gasteiger partial charge in [-0.15, -0.1) is 0 Å². The van der Waals surface area contributed by atoms with E-state index in [0.717, 1.165) is 55.2 Å². The van der Waals surface area contributed by atoms with Crippen LogP contribution in [0.2, 0.25) is 0 Å². The Kier molecular flexibility index (Phi) is 24.9. The highest BCUT2D eigenvalue weighted by Gasteiger charge is 2.48. The number of hydrogen-bond donors (Lipinski definition) is 14. The average Bonchev–Trinajstić information content (AvgIpc) is 3.95. The molecule has 1 aromatic rings. The van der Waals surface area contributed by atoms with Crippen molar-refractivity contribution in [2.45, 2.75) is 203 Å². The molecule has 0 spiro atoms. The number of aromatic hydroxyl groups is 1. The summed E-state index contributed by atoms with van der Waals surface area (Å²) in [5, 5.41) is 103. The van der Waals surface area contributed by atoms with Crippen LogP contribution in [0.15, 0.2) is 24.3 Å². The molecule has 7 amide bonds. The van der Waals surface area contributed by atoms with Crippen molar-refractivity contribution >= 4 is 41.4 Å². The number of nitrogens with zero attached hydrogens (tertiary/aromatic N) is 2. The van der Waals surface area contributed by atoms with E-state index in [1.165, 1.54) is 30.7 Å². The van der Waals surface area contributed by atoms with Crippen LogP contribution < -0.4 is 31.9 Å². The first kappa shape index (κ1) is 61.5. The molecule has 3 saturated heterocycles. The Morgan fingerprint density at radius 1 is 0.703 bits per heavy atom. The summed E-state index contributed by atoms with van der Waals surface area (Å²) in [4.78, 5) is 101. The summed E-state index contributed by atoms with van der Waals surface area (Å²) in [6.45, 7) is 7.21. The molecular weight excluding hydrogens is 965 g/mol. The van der Waals surface area contributed by atoms with Gasteiger partial charge < -0.3 is 82.6 Å². The Hall–Kier alpha value is -5.01. The standard InChI is InChI=1S/C51H84N8O15/c1-6-28(2)23-29(3)13-11-9-7-8-10-12-14-40(67)53-34-26-39(66)47(70)57-49(72)44-37(64)20-22-58(44)51(74)43(36(63)19-21-52-5)56-48(71)42(38(65)24-31-15-17-32(61)18-16-31)55-46(69)35-25-33(62)27-59(35)50(73)41(30(4)60)54-45(34)68/h15-18,28-30,33-39,41-44,47,52,60-66,70H,6-14,19-27H2,1-5H3,(H,53,67)(H,54,68)(H,55,69)(H,56,71)(H,57,72)/t28?,29?,30-,33-,34+,35+,36-,37+,38-,39-,41+,42+,43+,44+,47-/m1/s1. The smallest absolute Gasteiger partial charge is 0.248 e. The molecule has 23 nitrogen and oxygen atoms in total. The lowest BCUT2D eigenvalue weighted by molar-refractivity contribution is -0.148. The van der Waals surface area contributed by atoms with E-state index in [0.29, 0.717) is 30.2 Å². The van der Waals surface area contributed by atoms with Gasteiger partial charge in [0.2, 0.25) is 41.4 Å². The molecule has 3 heterocycles. The summed E-state index contributed by atoms with van der Waals surface area (Å²) in [7, 11) is 1.56. The van der Waals surface area contributed by atoms with Crippen LogP contribution in [-0.2, 0) is 40.0 Å². The minimum atomic E-state index is -2.20. The van der Waals surface area contributed by atoms with Crippen LogP contribution in [-0.4, -0.2) is 198 Å². The predicted octanol–water partition coefficient (Wildman–Crippen LogP) is -2.10. The van der Waals surface area contributed by atoms with E-state index in [1.807, 2.05) is 0 Å². The third-order valence-electron chi connectivity index (χ3n) is 14.4. The molecule has 23 heteroatoms. The zero-order valence-electron chi connectivity index (χ0n) is 43.5. The van der Waals surface area contributed by atoms with Gasteiger partial charge in [0.1, 0.15) is 48.1 Å². The third kappa shape index (κ3) is 18.1. The molecule has 15 atom stereocenters. The first-order valence-corrected chi connectivity index (χ1v) is 26.4. The van der Waals surface area contributed by atoms with Gasteiger partial charge in [0.05, 0.1) is 30.5 Å².